The average molecular weight is 289 g/mol. The quantitative estimate of drug-likeness (QED) is 0.535. The maximum absolute atomic E-state index is 6.70. The maximum atomic E-state index is 6.70. The molecule has 20 heavy (non-hydrogen) atoms. The largest absolute Gasteiger partial charge is 0.413 e. The van der Waals surface area contributed by atoms with E-state index in [9.17, 15) is 0 Å². The van der Waals surface area contributed by atoms with Crippen LogP contribution in [0.2, 0.25) is 18.1 Å². The third-order valence-electron chi connectivity index (χ3n) is 4.80. The Morgan fingerprint density at radius 2 is 1.80 bits per heavy atom. The molecule has 0 saturated heterocycles. The van der Waals surface area contributed by atoms with Crippen LogP contribution >= 0.6 is 0 Å². The van der Waals surface area contributed by atoms with Gasteiger partial charge in [-0.15, -0.1) is 0 Å². The van der Waals surface area contributed by atoms with Crippen LogP contribution in [0.25, 0.3) is 0 Å². The molecule has 0 unspecified atom stereocenters. The van der Waals surface area contributed by atoms with E-state index in [-0.39, 0.29) is 5.04 Å². The molecule has 0 heterocycles. The molecule has 2 rings (SSSR count). The number of hydrogen-bond acceptors (Lipinski definition) is 1. The second-order valence-electron chi connectivity index (χ2n) is 7.43. The Bertz CT molecular complexity index is 456. The Morgan fingerprint density at radius 1 is 1.20 bits per heavy atom. The number of benzene rings is 1. The molecule has 0 saturated carbocycles. The zero-order valence-electron chi connectivity index (χ0n) is 13.5. The highest BCUT2D eigenvalue weighted by Gasteiger charge is 2.40. The van der Waals surface area contributed by atoms with Crippen LogP contribution in [0.4, 0.5) is 0 Å². The van der Waals surface area contributed by atoms with Gasteiger partial charge in [-0.3, -0.25) is 0 Å². The van der Waals surface area contributed by atoms with Gasteiger partial charge >= 0.3 is 0 Å². The second-order valence-corrected chi connectivity index (χ2v) is 12.2. The molecule has 110 valence electrons. The Balaban J connectivity index is 2.11. The molecule has 1 aromatic rings. The van der Waals surface area contributed by atoms with Crippen molar-refractivity contribution in [3.05, 3.63) is 48.0 Å². The molecule has 0 bridgehead atoms. The Kier molecular flexibility index (Phi) is 4.55. The molecule has 0 amide bonds. The highest BCUT2D eigenvalue weighted by Crippen LogP contribution is 2.39. The summed E-state index contributed by atoms with van der Waals surface area (Å²) in [6.07, 6.45) is 7.12. The van der Waals surface area contributed by atoms with Gasteiger partial charge in [0.2, 0.25) is 0 Å². The van der Waals surface area contributed by atoms with E-state index in [1.807, 2.05) is 0 Å². The summed E-state index contributed by atoms with van der Waals surface area (Å²) in [5, 5.41) is 0.273. The lowest BCUT2D eigenvalue weighted by Gasteiger charge is -2.42. The lowest BCUT2D eigenvalue weighted by atomic mass is 9.86. The van der Waals surface area contributed by atoms with Gasteiger partial charge in [-0.05, 0) is 36.5 Å². The first kappa shape index (κ1) is 15.5. The van der Waals surface area contributed by atoms with Crippen LogP contribution < -0.4 is 0 Å². The summed E-state index contributed by atoms with van der Waals surface area (Å²) < 4.78 is 6.70. The van der Waals surface area contributed by atoms with E-state index in [2.05, 4.69) is 76.3 Å². The van der Waals surface area contributed by atoms with Crippen molar-refractivity contribution in [3.63, 3.8) is 0 Å². The minimum Gasteiger partial charge on any atom is -0.413 e. The highest BCUT2D eigenvalue weighted by atomic mass is 28.4. The molecule has 0 N–H and O–H groups in total. The summed E-state index contributed by atoms with van der Waals surface area (Å²) in [5.74, 6) is 0.601. The fourth-order valence-corrected chi connectivity index (χ4v) is 3.62. The number of hydrogen-bond donors (Lipinski definition) is 0. The minimum absolute atomic E-state index is 0.273. The van der Waals surface area contributed by atoms with Crippen LogP contribution in [-0.2, 0) is 10.8 Å². The van der Waals surface area contributed by atoms with Gasteiger partial charge in [0.15, 0.2) is 8.32 Å². The Hall–Kier alpha value is -0.863. The lowest BCUT2D eigenvalue weighted by molar-refractivity contribution is 0.132. The van der Waals surface area contributed by atoms with Gasteiger partial charge < -0.3 is 4.43 Å². The van der Waals surface area contributed by atoms with Gasteiger partial charge in [-0.25, -0.2) is 0 Å². The van der Waals surface area contributed by atoms with Gasteiger partial charge in [-0.1, -0.05) is 63.3 Å². The minimum atomic E-state index is -1.70. The highest BCUT2D eigenvalue weighted by molar-refractivity contribution is 6.74. The van der Waals surface area contributed by atoms with Crippen LogP contribution in [0.5, 0.6) is 0 Å². The molecular weight excluding hydrogens is 260 g/mol. The Morgan fingerprint density at radius 3 is 2.25 bits per heavy atom. The SMILES string of the molecule is CC(C)(C)[Si](C)(C)O[C@H](Cc1ccccc1)[C@@H]1C=CC1. The summed E-state index contributed by atoms with van der Waals surface area (Å²) >= 11 is 0. The van der Waals surface area contributed by atoms with Crippen molar-refractivity contribution < 1.29 is 4.43 Å². The zero-order valence-corrected chi connectivity index (χ0v) is 14.5. The topological polar surface area (TPSA) is 9.23 Å². The van der Waals surface area contributed by atoms with Crippen molar-refractivity contribution in [2.45, 2.75) is 57.8 Å². The summed E-state index contributed by atoms with van der Waals surface area (Å²) in [6, 6.07) is 10.7. The molecule has 0 fully saturated rings. The molecule has 1 nitrogen and oxygen atoms in total. The molecule has 1 aromatic carbocycles. The standard InChI is InChI=1S/C18H28OSi/c1-18(2,3)20(4,5)19-17(16-12-9-13-16)14-15-10-7-6-8-11-15/h6-12,16-17H,13-14H2,1-5H3/t16-,17-/m1/s1. The van der Waals surface area contributed by atoms with Crippen molar-refractivity contribution in [2.24, 2.45) is 5.92 Å². The first-order valence-electron chi connectivity index (χ1n) is 7.68. The molecule has 1 aliphatic rings. The van der Waals surface area contributed by atoms with Crippen LogP contribution in [0.1, 0.15) is 32.8 Å². The van der Waals surface area contributed by atoms with E-state index in [1.165, 1.54) is 12.0 Å². The molecule has 0 spiro atoms. The zero-order chi connectivity index (χ0) is 14.8. The van der Waals surface area contributed by atoms with E-state index >= 15 is 0 Å². The lowest BCUT2D eigenvalue weighted by Crippen LogP contribution is -2.46. The fourth-order valence-electron chi connectivity index (χ4n) is 2.25. The van der Waals surface area contributed by atoms with Crippen molar-refractivity contribution in [3.8, 4) is 0 Å². The van der Waals surface area contributed by atoms with Gasteiger partial charge in [-0.2, -0.15) is 0 Å². The third-order valence-corrected chi connectivity index (χ3v) is 9.31. The van der Waals surface area contributed by atoms with Gasteiger partial charge in [0.1, 0.15) is 0 Å². The molecule has 0 radical (unpaired) electrons. The number of allylic oxidation sites excluding steroid dienone is 1. The summed E-state index contributed by atoms with van der Waals surface area (Å²) in [4.78, 5) is 0. The molecule has 1 aliphatic carbocycles. The molecule has 0 aliphatic heterocycles. The van der Waals surface area contributed by atoms with E-state index < -0.39 is 8.32 Å². The van der Waals surface area contributed by atoms with Crippen LogP contribution in [0, 0.1) is 5.92 Å². The van der Waals surface area contributed by atoms with Crippen molar-refractivity contribution in [2.75, 3.05) is 0 Å². The predicted octanol–water partition coefficient (Wildman–Crippen LogP) is 5.20. The predicted molar refractivity (Wildman–Crippen MR) is 89.5 cm³/mol. The van der Waals surface area contributed by atoms with Crippen molar-refractivity contribution in [1.82, 2.24) is 0 Å². The van der Waals surface area contributed by atoms with Crippen LogP contribution in [0.15, 0.2) is 42.5 Å². The number of rotatable bonds is 5. The summed E-state index contributed by atoms with van der Waals surface area (Å²) in [7, 11) is -1.70. The average Bonchev–Trinajstić information content (AvgIpc) is 2.25. The van der Waals surface area contributed by atoms with Crippen molar-refractivity contribution >= 4 is 8.32 Å². The maximum Gasteiger partial charge on any atom is 0.192 e. The monoisotopic (exact) mass is 288 g/mol. The third kappa shape index (κ3) is 3.61. The van der Waals surface area contributed by atoms with Crippen LogP contribution in [0.3, 0.4) is 0 Å². The first-order chi connectivity index (χ1) is 9.29. The molecule has 2 heteroatoms. The van der Waals surface area contributed by atoms with E-state index in [4.69, 9.17) is 4.43 Å². The second kappa shape index (κ2) is 5.86. The van der Waals surface area contributed by atoms with Gasteiger partial charge in [0, 0.05) is 5.92 Å². The van der Waals surface area contributed by atoms with Crippen molar-refractivity contribution in [1.29, 1.82) is 0 Å². The van der Waals surface area contributed by atoms with E-state index in [0.29, 0.717) is 12.0 Å². The summed E-state index contributed by atoms with van der Waals surface area (Å²) in [5.41, 5.74) is 1.39. The van der Waals surface area contributed by atoms with Gasteiger partial charge in [0.25, 0.3) is 0 Å². The first-order valence-corrected chi connectivity index (χ1v) is 10.6. The molecule has 0 aromatic heterocycles. The Labute approximate surface area is 125 Å². The van der Waals surface area contributed by atoms with Gasteiger partial charge in [0.05, 0.1) is 6.10 Å². The van der Waals surface area contributed by atoms with Crippen LogP contribution in [-0.4, -0.2) is 14.4 Å². The molecular formula is C18H28OSi. The summed E-state index contributed by atoms with van der Waals surface area (Å²) in [6.45, 7) is 11.7. The van der Waals surface area contributed by atoms with E-state index in [0.717, 1.165) is 6.42 Å². The smallest absolute Gasteiger partial charge is 0.192 e. The van der Waals surface area contributed by atoms with E-state index in [1.54, 1.807) is 0 Å². The fraction of sp³-hybridized carbons (Fsp3) is 0.556. The molecule has 2 atom stereocenters. The normalized spacial score (nSPS) is 20.6.